The molecule has 27 heavy (non-hydrogen) atoms. The van der Waals surface area contributed by atoms with Gasteiger partial charge in [0.05, 0.1) is 21.3 Å². The molecule has 0 aliphatic rings. The highest BCUT2D eigenvalue weighted by molar-refractivity contribution is 6.03. The Kier molecular flexibility index (Phi) is 5.26. The van der Waals surface area contributed by atoms with Crippen molar-refractivity contribution < 1.29 is 23.4 Å². The first-order valence-corrected chi connectivity index (χ1v) is 8.13. The van der Waals surface area contributed by atoms with Crippen LogP contribution in [0.1, 0.15) is 21.7 Å². The van der Waals surface area contributed by atoms with Gasteiger partial charge in [0.2, 0.25) is 0 Å². The van der Waals surface area contributed by atoms with Crippen molar-refractivity contribution >= 4 is 29.1 Å². The van der Waals surface area contributed by atoms with Crippen molar-refractivity contribution in [2.45, 2.75) is 0 Å². The highest BCUT2D eigenvalue weighted by atomic mass is 16.5. The number of hydrogen-bond acceptors (Lipinski definition) is 6. The summed E-state index contributed by atoms with van der Waals surface area (Å²) in [6.07, 6.45) is 3.53. The normalized spacial score (nSPS) is 10.9. The number of rotatable bonds is 5. The molecule has 1 aromatic heterocycles. The van der Waals surface area contributed by atoms with E-state index in [4.69, 9.17) is 18.6 Å². The van der Waals surface area contributed by atoms with Crippen LogP contribution in [0.3, 0.4) is 0 Å². The van der Waals surface area contributed by atoms with Gasteiger partial charge in [-0.15, -0.1) is 0 Å². The van der Waals surface area contributed by atoms with Gasteiger partial charge in [-0.3, -0.25) is 4.79 Å². The maximum Gasteiger partial charge on any atom is 0.345 e. The van der Waals surface area contributed by atoms with Crippen molar-refractivity contribution in [2.24, 2.45) is 0 Å². The monoisotopic (exact) mass is 366 g/mol. The lowest BCUT2D eigenvalue weighted by molar-refractivity contribution is 0.0593. The van der Waals surface area contributed by atoms with E-state index in [0.717, 1.165) is 5.56 Å². The fourth-order valence-electron chi connectivity index (χ4n) is 2.77. The molecule has 0 saturated heterocycles. The molecular formula is C21H18O6. The summed E-state index contributed by atoms with van der Waals surface area (Å²) in [7, 11) is 4.01. The minimum absolute atomic E-state index is 0.0369. The first kappa shape index (κ1) is 18.3. The van der Waals surface area contributed by atoms with Crippen LogP contribution >= 0.6 is 0 Å². The lowest BCUT2D eigenvalue weighted by Gasteiger charge is -2.13. The third kappa shape index (κ3) is 3.55. The molecule has 0 radical (unpaired) electrons. The van der Waals surface area contributed by atoms with Crippen LogP contribution in [0.5, 0.6) is 11.5 Å². The Morgan fingerprint density at radius 2 is 1.74 bits per heavy atom. The first-order chi connectivity index (χ1) is 13.1. The average molecular weight is 366 g/mol. The minimum Gasteiger partial charge on any atom is -0.496 e. The summed E-state index contributed by atoms with van der Waals surface area (Å²) in [5.41, 5.74) is 0.913. The van der Waals surface area contributed by atoms with Crippen LogP contribution < -0.4 is 14.9 Å². The largest absolute Gasteiger partial charge is 0.496 e. The smallest absolute Gasteiger partial charge is 0.345 e. The predicted octanol–water partition coefficient (Wildman–Crippen LogP) is 3.77. The Bertz CT molecular complexity index is 1060. The lowest BCUT2D eigenvalue weighted by atomic mass is 10.1. The SMILES string of the molecule is COC(=O)c1c(OC)cc2oc(C=Cc3ccccc3)cc(=O)c2c1OC. The number of ether oxygens (including phenoxy) is 3. The van der Waals surface area contributed by atoms with E-state index in [-0.39, 0.29) is 33.5 Å². The van der Waals surface area contributed by atoms with E-state index in [1.54, 1.807) is 6.08 Å². The van der Waals surface area contributed by atoms with Gasteiger partial charge >= 0.3 is 5.97 Å². The highest BCUT2D eigenvalue weighted by Gasteiger charge is 2.25. The predicted molar refractivity (Wildman–Crippen MR) is 102 cm³/mol. The lowest BCUT2D eigenvalue weighted by Crippen LogP contribution is -2.11. The van der Waals surface area contributed by atoms with Crippen LogP contribution in [-0.2, 0) is 4.74 Å². The quantitative estimate of drug-likeness (QED) is 0.640. The number of fused-ring (bicyclic) bond motifs is 1. The van der Waals surface area contributed by atoms with Crippen LogP contribution in [-0.4, -0.2) is 27.3 Å². The van der Waals surface area contributed by atoms with Gasteiger partial charge in [-0.25, -0.2) is 4.79 Å². The van der Waals surface area contributed by atoms with Crippen LogP contribution in [0.4, 0.5) is 0 Å². The molecule has 0 unspecified atom stereocenters. The molecule has 0 bridgehead atoms. The maximum atomic E-state index is 12.7. The second kappa shape index (κ2) is 7.78. The molecule has 0 spiro atoms. The van der Waals surface area contributed by atoms with Gasteiger partial charge in [0.15, 0.2) is 11.2 Å². The fraction of sp³-hybridized carbons (Fsp3) is 0.143. The van der Waals surface area contributed by atoms with E-state index in [0.29, 0.717) is 5.76 Å². The molecule has 0 fully saturated rings. The zero-order valence-corrected chi connectivity index (χ0v) is 15.1. The summed E-state index contributed by atoms with van der Waals surface area (Å²) < 4.78 is 21.2. The van der Waals surface area contributed by atoms with Crippen molar-refractivity contribution in [3.05, 3.63) is 69.6 Å². The van der Waals surface area contributed by atoms with Crippen molar-refractivity contribution in [3.63, 3.8) is 0 Å². The molecule has 138 valence electrons. The van der Waals surface area contributed by atoms with Crippen LogP contribution in [0.25, 0.3) is 23.1 Å². The molecule has 0 atom stereocenters. The summed E-state index contributed by atoms with van der Waals surface area (Å²) in [4.78, 5) is 24.8. The molecular weight excluding hydrogens is 348 g/mol. The molecule has 6 nitrogen and oxygen atoms in total. The van der Waals surface area contributed by atoms with Gasteiger partial charge in [-0.2, -0.15) is 0 Å². The third-order valence-electron chi connectivity index (χ3n) is 4.01. The van der Waals surface area contributed by atoms with Gasteiger partial charge in [-0.1, -0.05) is 36.4 Å². The van der Waals surface area contributed by atoms with Crippen molar-refractivity contribution in [3.8, 4) is 11.5 Å². The van der Waals surface area contributed by atoms with E-state index < -0.39 is 5.97 Å². The number of benzene rings is 2. The maximum absolute atomic E-state index is 12.7. The molecule has 0 N–H and O–H groups in total. The molecule has 2 aromatic carbocycles. The topological polar surface area (TPSA) is 75.0 Å². The van der Waals surface area contributed by atoms with Crippen molar-refractivity contribution in [2.75, 3.05) is 21.3 Å². The molecule has 0 aliphatic carbocycles. The molecule has 1 heterocycles. The second-order valence-electron chi connectivity index (χ2n) is 5.61. The first-order valence-electron chi connectivity index (χ1n) is 8.13. The van der Waals surface area contributed by atoms with E-state index in [9.17, 15) is 9.59 Å². The van der Waals surface area contributed by atoms with Gasteiger partial charge in [0, 0.05) is 12.1 Å². The fourth-order valence-corrected chi connectivity index (χ4v) is 2.77. The summed E-state index contributed by atoms with van der Waals surface area (Å²) in [6.45, 7) is 0. The molecule has 0 saturated carbocycles. The molecule has 3 aromatic rings. The highest BCUT2D eigenvalue weighted by Crippen LogP contribution is 2.36. The van der Waals surface area contributed by atoms with Crippen LogP contribution in [0, 0.1) is 0 Å². The standard InChI is InChI=1S/C21H18O6/c1-24-16-12-17-18(20(25-2)19(16)21(23)26-3)15(22)11-14(27-17)10-9-13-7-5-4-6-8-13/h4-12H,1-3H3. The zero-order valence-electron chi connectivity index (χ0n) is 15.1. The molecule has 3 rings (SSSR count). The molecule has 0 amide bonds. The summed E-state index contributed by atoms with van der Waals surface area (Å²) in [5.74, 6) is -0.0496. The zero-order chi connectivity index (χ0) is 19.4. The number of hydrogen-bond donors (Lipinski definition) is 0. The number of carbonyl (C=O) groups excluding carboxylic acids is 1. The molecule has 0 aliphatic heterocycles. The number of carbonyl (C=O) groups is 1. The van der Waals surface area contributed by atoms with Gasteiger partial charge in [0.1, 0.15) is 28.0 Å². The van der Waals surface area contributed by atoms with Gasteiger partial charge in [0.25, 0.3) is 0 Å². The number of esters is 1. The van der Waals surface area contributed by atoms with Crippen LogP contribution in [0.15, 0.2) is 51.7 Å². The van der Waals surface area contributed by atoms with Gasteiger partial charge in [-0.05, 0) is 11.6 Å². The number of methoxy groups -OCH3 is 3. The van der Waals surface area contributed by atoms with E-state index in [1.807, 2.05) is 36.4 Å². The van der Waals surface area contributed by atoms with Crippen molar-refractivity contribution in [1.82, 2.24) is 0 Å². The summed E-state index contributed by atoms with van der Waals surface area (Å²) in [5, 5.41) is 0.149. The molecule has 6 heteroatoms. The van der Waals surface area contributed by atoms with E-state index in [2.05, 4.69) is 0 Å². The van der Waals surface area contributed by atoms with Crippen LogP contribution in [0.2, 0.25) is 0 Å². The Morgan fingerprint density at radius 3 is 2.37 bits per heavy atom. The third-order valence-corrected chi connectivity index (χ3v) is 4.01. The summed E-state index contributed by atoms with van der Waals surface area (Å²) in [6, 6.07) is 12.4. The van der Waals surface area contributed by atoms with Crippen molar-refractivity contribution in [1.29, 1.82) is 0 Å². The Labute approximate surface area is 155 Å². The summed E-state index contributed by atoms with van der Waals surface area (Å²) >= 11 is 0. The van der Waals surface area contributed by atoms with Gasteiger partial charge < -0.3 is 18.6 Å². The Hall–Kier alpha value is -3.54. The average Bonchev–Trinajstić information content (AvgIpc) is 2.70. The van der Waals surface area contributed by atoms with E-state index in [1.165, 1.54) is 33.5 Å². The Morgan fingerprint density at radius 1 is 1.00 bits per heavy atom. The second-order valence-corrected chi connectivity index (χ2v) is 5.61. The Balaban J connectivity index is 2.20. The minimum atomic E-state index is -0.668. The van der Waals surface area contributed by atoms with E-state index >= 15 is 0 Å².